The third kappa shape index (κ3) is 5.70. The average molecular weight is 358 g/mol. The monoisotopic (exact) mass is 358 g/mol. The number of cyclic esters (lactones) is 1. The van der Waals surface area contributed by atoms with E-state index in [1.165, 1.54) is 32.1 Å². The third-order valence-corrected chi connectivity index (χ3v) is 4.86. The van der Waals surface area contributed by atoms with Crippen LogP contribution in [0.15, 0.2) is 0 Å². The quantitative estimate of drug-likeness (QED) is 0.342. The minimum Gasteiger partial charge on any atom is -0.479 e. The maximum Gasteiger partial charge on any atom is 0.348 e. The summed E-state index contributed by atoms with van der Waals surface area (Å²) in [4.78, 5) is 34.2. The van der Waals surface area contributed by atoms with Gasteiger partial charge in [-0.25, -0.2) is 9.59 Å². The second kappa shape index (κ2) is 10.4. The van der Waals surface area contributed by atoms with Crippen LogP contribution in [0.3, 0.4) is 0 Å². The van der Waals surface area contributed by atoms with Crippen LogP contribution in [-0.4, -0.2) is 44.9 Å². The van der Waals surface area contributed by atoms with Crippen LogP contribution in [0, 0.1) is 5.92 Å². The molecular weight excluding hydrogens is 328 g/mol. The van der Waals surface area contributed by atoms with Crippen molar-refractivity contribution in [2.24, 2.45) is 5.92 Å². The zero-order chi connectivity index (χ0) is 18.9. The number of rotatable bonds is 13. The molecule has 7 heteroatoms. The first kappa shape index (κ1) is 21.4. The number of esters is 1. The summed E-state index contributed by atoms with van der Waals surface area (Å²) in [6, 6.07) is 0. The Hall–Kier alpha value is -1.63. The maximum absolute atomic E-state index is 11.8. The first-order valence-electron chi connectivity index (χ1n) is 9.24. The van der Waals surface area contributed by atoms with Crippen molar-refractivity contribution >= 4 is 17.9 Å². The SMILES string of the molecule is CCCCCCCCCCCCC1C(=O)OC(C(=O)O)C1(O)C(=O)O. The van der Waals surface area contributed by atoms with Gasteiger partial charge in [-0.05, 0) is 6.42 Å². The van der Waals surface area contributed by atoms with Gasteiger partial charge >= 0.3 is 17.9 Å². The fraction of sp³-hybridized carbons (Fsp3) is 0.833. The van der Waals surface area contributed by atoms with Crippen LogP contribution < -0.4 is 0 Å². The molecule has 144 valence electrons. The highest BCUT2D eigenvalue weighted by Crippen LogP contribution is 2.37. The summed E-state index contributed by atoms with van der Waals surface area (Å²) in [5.41, 5.74) is -2.69. The Morgan fingerprint density at radius 1 is 0.960 bits per heavy atom. The highest BCUT2D eigenvalue weighted by molar-refractivity contribution is 5.97. The lowest BCUT2D eigenvalue weighted by molar-refractivity contribution is -0.179. The number of carbonyl (C=O) groups is 3. The standard InChI is InChI=1S/C18H30O7/c1-2-3-4-5-6-7-8-9-10-11-12-13-16(21)25-14(15(19)20)18(13,24)17(22)23/h13-14,24H,2-12H2,1H3,(H,19,20)(H,22,23). The van der Waals surface area contributed by atoms with E-state index in [2.05, 4.69) is 11.7 Å². The molecule has 0 spiro atoms. The van der Waals surface area contributed by atoms with Crippen molar-refractivity contribution in [1.82, 2.24) is 0 Å². The van der Waals surface area contributed by atoms with Gasteiger partial charge in [0.1, 0.15) is 5.92 Å². The fourth-order valence-corrected chi connectivity index (χ4v) is 3.32. The summed E-state index contributed by atoms with van der Waals surface area (Å²) in [6.45, 7) is 2.18. The topological polar surface area (TPSA) is 121 Å². The molecule has 7 nitrogen and oxygen atoms in total. The molecule has 1 rings (SSSR count). The second-order valence-corrected chi connectivity index (χ2v) is 6.81. The van der Waals surface area contributed by atoms with Crippen molar-refractivity contribution in [2.75, 3.05) is 0 Å². The summed E-state index contributed by atoms with van der Waals surface area (Å²) >= 11 is 0. The molecule has 0 aromatic rings. The molecule has 0 radical (unpaired) electrons. The van der Waals surface area contributed by atoms with E-state index in [1.54, 1.807) is 0 Å². The predicted molar refractivity (Wildman–Crippen MR) is 90.1 cm³/mol. The molecule has 25 heavy (non-hydrogen) atoms. The van der Waals surface area contributed by atoms with Crippen LogP contribution in [0.25, 0.3) is 0 Å². The minimum atomic E-state index is -2.69. The smallest absolute Gasteiger partial charge is 0.348 e. The van der Waals surface area contributed by atoms with Crippen molar-refractivity contribution in [3.05, 3.63) is 0 Å². The molecule has 3 atom stereocenters. The van der Waals surface area contributed by atoms with E-state index in [-0.39, 0.29) is 6.42 Å². The third-order valence-electron chi connectivity index (χ3n) is 4.86. The highest BCUT2D eigenvalue weighted by atomic mass is 16.6. The van der Waals surface area contributed by atoms with Crippen molar-refractivity contribution < 1.29 is 34.4 Å². The van der Waals surface area contributed by atoms with Crippen molar-refractivity contribution in [1.29, 1.82) is 0 Å². The molecule has 0 aromatic heterocycles. The van der Waals surface area contributed by atoms with Crippen LogP contribution in [0.4, 0.5) is 0 Å². The Labute approximate surface area is 148 Å². The molecule has 1 saturated heterocycles. The van der Waals surface area contributed by atoms with Gasteiger partial charge in [0, 0.05) is 0 Å². The van der Waals surface area contributed by atoms with E-state index in [4.69, 9.17) is 5.11 Å². The molecular formula is C18H30O7. The molecule has 1 aliphatic rings. The molecule has 1 fully saturated rings. The molecule has 0 saturated carbocycles. The molecule has 0 aromatic carbocycles. The first-order valence-corrected chi connectivity index (χ1v) is 9.24. The number of ether oxygens (including phenoxy) is 1. The summed E-state index contributed by atoms with van der Waals surface area (Å²) < 4.78 is 4.59. The van der Waals surface area contributed by atoms with Crippen LogP contribution in [0.5, 0.6) is 0 Å². The Morgan fingerprint density at radius 2 is 1.44 bits per heavy atom. The first-order chi connectivity index (χ1) is 11.9. The summed E-state index contributed by atoms with van der Waals surface area (Å²) in [5, 5.41) is 28.4. The Morgan fingerprint density at radius 3 is 1.88 bits per heavy atom. The largest absolute Gasteiger partial charge is 0.479 e. The molecule has 0 bridgehead atoms. The molecule has 0 amide bonds. The van der Waals surface area contributed by atoms with Gasteiger partial charge in [-0.2, -0.15) is 0 Å². The molecule has 0 aliphatic carbocycles. The maximum atomic E-state index is 11.8. The van der Waals surface area contributed by atoms with Gasteiger partial charge in [-0.15, -0.1) is 0 Å². The highest BCUT2D eigenvalue weighted by Gasteiger charge is 2.64. The van der Waals surface area contributed by atoms with Crippen molar-refractivity contribution in [2.45, 2.75) is 89.3 Å². The number of carboxylic acids is 2. The second-order valence-electron chi connectivity index (χ2n) is 6.81. The number of hydrogen-bond acceptors (Lipinski definition) is 5. The van der Waals surface area contributed by atoms with Crippen LogP contribution in [0.2, 0.25) is 0 Å². The number of carboxylic acid groups (broad SMARTS) is 2. The number of hydrogen-bond donors (Lipinski definition) is 3. The van der Waals surface area contributed by atoms with E-state index in [1.807, 2.05) is 0 Å². The number of aliphatic carboxylic acids is 2. The van der Waals surface area contributed by atoms with E-state index < -0.39 is 35.5 Å². The van der Waals surface area contributed by atoms with Gasteiger partial charge in [0.15, 0.2) is 0 Å². The Bertz CT molecular complexity index is 462. The molecule has 1 heterocycles. The zero-order valence-electron chi connectivity index (χ0n) is 14.9. The zero-order valence-corrected chi connectivity index (χ0v) is 14.9. The van der Waals surface area contributed by atoms with Crippen molar-refractivity contribution in [3.8, 4) is 0 Å². The lowest BCUT2D eigenvalue weighted by atomic mass is 9.82. The van der Waals surface area contributed by atoms with Crippen molar-refractivity contribution in [3.63, 3.8) is 0 Å². The van der Waals surface area contributed by atoms with Gasteiger partial charge in [-0.1, -0.05) is 71.1 Å². The molecule has 3 N–H and O–H groups in total. The lowest BCUT2D eigenvalue weighted by Crippen LogP contribution is -2.54. The van der Waals surface area contributed by atoms with Gasteiger partial charge in [0.25, 0.3) is 0 Å². The van der Waals surface area contributed by atoms with E-state index in [0.29, 0.717) is 6.42 Å². The minimum absolute atomic E-state index is 0.113. The summed E-state index contributed by atoms with van der Waals surface area (Å²) in [6.07, 6.45) is 8.91. The van der Waals surface area contributed by atoms with Crippen LogP contribution in [-0.2, 0) is 19.1 Å². The van der Waals surface area contributed by atoms with E-state index in [0.717, 1.165) is 25.7 Å². The van der Waals surface area contributed by atoms with E-state index >= 15 is 0 Å². The molecule has 3 unspecified atom stereocenters. The number of unbranched alkanes of at least 4 members (excludes halogenated alkanes) is 9. The molecule has 1 aliphatic heterocycles. The van der Waals surface area contributed by atoms with Gasteiger partial charge in [-0.3, -0.25) is 4.79 Å². The number of aliphatic hydroxyl groups is 1. The fourth-order valence-electron chi connectivity index (χ4n) is 3.32. The Balaban J connectivity index is 2.32. The van der Waals surface area contributed by atoms with E-state index in [9.17, 15) is 24.6 Å². The number of carbonyl (C=O) groups excluding carboxylic acids is 1. The van der Waals surface area contributed by atoms with Gasteiger partial charge in [0.05, 0.1) is 0 Å². The summed E-state index contributed by atoms with van der Waals surface area (Å²) in [7, 11) is 0. The van der Waals surface area contributed by atoms with Gasteiger partial charge in [0.2, 0.25) is 11.7 Å². The average Bonchev–Trinajstić information content (AvgIpc) is 2.82. The van der Waals surface area contributed by atoms with Crippen LogP contribution in [0.1, 0.15) is 77.6 Å². The lowest BCUT2D eigenvalue weighted by Gasteiger charge is -2.24. The van der Waals surface area contributed by atoms with Crippen LogP contribution >= 0.6 is 0 Å². The Kier molecular flexibility index (Phi) is 8.89. The van der Waals surface area contributed by atoms with Gasteiger partial charge < -0.3 is 20.1 Å². The predicted octanol–water partition coefficient (Wildman–Crippen LogP) is 2.74. The summed E-state index contributed by atoms with van der Waals surface area (Å²) in [5.74, 6) is -5.67. The normalized spacial score (nSPS) is 25.8.